The Hall–Kier alpha value is -3.37. The van der Waals surface area contributed by atoms with Crippen LogP contribution in [0.25, 0.3) is 0 Å². The van der Waals surface area contributed by atoms with Gasteiger partial charge in [0, 0.05) is 25.2 Å². The maximum absolute atomic E-state index is 13.2. The van der Waals surface area contributed by atoms with E-state index in [1.807, 2.05) is 13.8 Å². The van der Waals surface area contributed by atoms with E-state index in [4.69, 9.17) is 29.5 Å². The Balaban J connectivity index is 1.72. The molecule has 1 saturated heterocycles. The van der Waals surface area contributed by atoms with Crippen LogP contribution >= 0.6 is 23.1 Å². The number of β-lactam (4-membered cyclic amide) rings is 1. The van der Waals surface area contributed by atoms with Crippen LogP contribution in [0, 0.1) is 0 Å². The van der Waals surface area contributed by atoms with Crippen LogP contribution in [0.4, 0.5) is 9.93 Å². The Morgan fingerprint density at radius 1 is 1.23 bits per heavy atom. The first-order valence-corrected chi connectivity index (χ1v) is 14.5. The Morgan fingerprint density at radius 3 is 2.55 bits per heavy atom. The number of methoxy groups -OCH3 is 1. The lowest BCUT2D eigenvalue weighted by atomic mass is 10.0. The number of carbonyl (C=O) groups is 4. The minimum Gasteiger partial charge on any atom is -0.431 e. The molecule has 0 aromatic carbocycles. The number of fused-ring (bicyclic) bond motifs is 1. The number of amides is 2. The quantitative estimate of drug-likeness (QED) is 0.111. The van der Waals surface area contributed by atoms with Gasteiger partial charge in [0.2, 0.25) is 6.29 Å². The number of nitrogens with one attached hydrogen (secondary N) is 1. The van der Waals surface area contributed by atoms with E-state index in [1.165, 1.54) is 30.7 Å². The topological polar surface area (TPSA) is 181 Å². The van der Waals surface area contributed by atoms with Crippen molar-refractivity contribution in [1.29, 1.82) is 0 Å². The molecule has 2 amide bonds. The molecule has 3 N–H and O–H groups in total. The van der Waals surface area contributed by atoms with Crippen LogP contribution < -0.4 is 11.1 Å². The van der Waals surface area contributed by atoms with Crippen LogP contribution in [-0.4, -0.2) is 89.4 Å². The fourth-order valence-corrected chi connectivity index (χ4v) is 5.76. The fraction of sp³-hybridized carbons (Fsp3) is 0.583. The largest absolute Gasteiger partial charge is 0.511 e. The van der Waals surface area contributed by atoms with Gasteiger partial charge in [-0.15, -0.1) is 23.1 Å². The predicted molar refractivity (Wildman–Crippen MR) is 146 cm³/mol. The van der Waals surface area contributed by atoms with Crippen molar-refractivity contribution >= 4 is 57.9 Å². The highest BCUT2D eigenvalue weighted by Gasteiger charge is 2.55. The number of ether oxygens (including phenoxy) is 4. The minimum atomic E-state index is -1.28. The highest BCUT2D eigenvalue weighted by Crippen LogP contribution is 2.41. The molecule has 1 aromatic rings. The number of hydrogen-bond acceptors (Lipinski definition) is 14. The molecule has 16 heteroatoms. The molecule has 1 fully saturated rings. The van der Waals surface area contributed by atoms with Crippen LogP contribution in [0.5, 0.6) is 0 Å². The maximum atomic E-state index is 13.2. The average Bonchev–Trinajstić information content (AvgIpc) is 3.35. The van der Waals surface area contributed by atoms with Crippen LogP contribution in [0.3, 0.4) is 0 Å². The molecular formula is C24H33N5O9S2. The van der Waals surface area contributed by atoms with Crippen molar-refractivity contribution < 1.29 is 43.0 Å². The van der Waals surface area contributed by atoms with E-state index in [1.54, 1.807) is 12.3 Å². The summed E-state index contributed by atoms with van der Waals surface area (Å²) in [5.41, 5.74) is 6.24. The number of aromatic nitrogens is 1. The second kappa shape index (κ2) is 14.3. The number of anilines is 1. The molecule has 220 valence electrons. The number of hydrogen-bond donors (Lipinski definition) is 2. The first-order chi connectivity index (χ1) is 19.1. The normalized spacial score (nSPS) is 19.5. The molecule has 3 rings (SSSR count). The zero-order chi connectivity index (χ0) is 29.4. The number of oxime groups is 1. The smallest absolute Gasteiger partial charge is 0.431 e. The molecule has 2 unspecified atom stereocenters. The van der Waals surface area contributed by atoms with Crippen LogP contribution in [0.15, 0.2) is 21.8 Å². The first kappa shape index (κ1) is 31.2. The number of carbonyl (C=O) groups excluding carboxylic acids is 4. The summed E-state index contributed by atoms with van der Waals surface area (Å²) in [5, 5.41) is 7.68. The number of nitrogens with two attached hydrogens (primary N) is 1. The molecule has 2 aliphatic rings. The number of nitrogens with zero attached hydrogens (tertiary/aromatic N) is 3. The summed E-state index contributed by atoms with van der Waals surface area (Å²) in [6.45, 7) is 7.07. The molecule has 40 heavy (non-hydrogen) atoms. The van der Waals surface area contributed by atoms with Crippen molar-refractivity contribution in [2.75, 3.05) is 31.8 Å². The summed E-state index contributed by atoms with van der Waals surface area (Å²) < 4.78 is 20.8. The van der Waals surface area contributed by atoms with Gasteiger partial charge >= 0.3 is 12.1 Å². The molecule has 3 atom stereocenters. The van der Waals surface area contributed by atoms with E-state index in [9.17, 15) is 19.2 Å². The van der Waals surface area contributed by atoms with Gasteiger partial charge in [0.15, 0.2) is 10.8 Å². The van der Waals surface area contributed by atoms with Crippen molar-refractivity contribution in [1.82, 2.24) is 15.2 Å². The van der Waals surface area contributed by atoms with E-state index in [0.717, 1.165) is 11.3 Å². The monoisotopic (exact) mass is 599 g/mol. The molecule has 3 heterocycles. The Labute approximate surface area is 239 Å². The fourth-order valence-electron chi connectivity index (χ4n) is 3.88. The summed E-state index contributed by atoms with van der Waals surface area (Å²) in [7, 11) is 1.46. The summed E-state index contributed by atoms with van der Waals surface area (Å²) in [6, 6.07) is -0.962. The van der Waals surface area contributed by atoms with Crippen LogP contribution in [-0.2, 0) is 38.2 Å². The van der Waals surface area contributed by atoms with Crippen molar-refractivity contribution in [2.24, 2.45) is 5.16 Å². The molecule has 0 bridgehead atoms. The Kier molecular flexibility index (Phi) is 11.2. The van der Waals surface area contributed by atoms with E-state index in [2.05, 4.69) is 15.5 Å². The van der Waals surface area contributed by atoms with Crippen molar-refractivity contribution in [3.63, 3.8) is 0 Å². The van der Waals surface area contributed by atoms with Crippen molar-refractivity contribution in [3.05, 3.63) is 22.3 Å². The number of rotatable bonds is 13. The van der Waals surface area contributed by atoms with Gasteiger partial charge in [0.25, 0.3) is 11.8 Å². The zero-order valence-corrected chi connectivity index (χ0v) is 24.5. The minimum absolute atomic E-state index is 0.0274. The molecule has 0 radical (unpaired) electrons. The molecule has 14 nitrogen and oxygen atoms in total. The number of thiazole rings is 1. The third-order valence-corrected chi connectivity index (χ3v) is 7.83. The van der Waals surface area contributed by atoms with Gasteiger partial charge in [-0.05, 0) is 25.3 Å². The Morgan fingerprint density at radius 2 is 1.95 bits per heavy atom. The maximum Gasteiger partial charge on any atom is 0.511 e. The van der Waals surface area contributed by atoms with Gasteiger partial charge in [-0.1, -0.05) is 19.0 Å². The van der Waals surface area contributed by atoms with Crippen molar-refractivity contribution in [2.45, 2.75) is 64.3 Å². The SMILES string of the molecule is CCO/N=C(/C(=O)NC1C(=O)N2C(C(=O)OC(C)OC(=O)OC(CC)CC)=C(COC)CS[C@H]12)c1csc(N)n1. The van der Waals surface area contributed by atoms with Gasteiger partial charge in [-0.25, -0.2) is 14.6 Å². The van der Waals surface area contributed by atoms with Gasteiger partial charge in [0.1, 0.15) is 35.5 Å². The highest BCUT2D eigenvalue weighted by molar-refractivity contribution is 8.00. The van der Waals surface area contributed by atoms with Gasteiger partial charge in [-0.2, -0.15) is 0 Å². The van der Waals surface area contributed by atoms with Crippen LogP contribution in [0.2, 0.25) is 0 Å². The highest BCUT2D eigenvalue weighted by atomic mass is 32.2. The number of thioether (sulfide) groups is 1. The number of nitrogen functional groups attached to an aromatic ring is 1. The van der Waals surface area contributed by atoms with Crippen LogP contribution in [0.1, 0.15) is 46.2 Å². The molecule has 2 aliphatic heterocycles. The Bertz CT molecular complexity index is 1170. The lowest BCUT2D eigenvalue weighted by Gasteiger charge is -2.49. The molecule has 0 saturated carbocycles. The second-order valence-electron chi connectivity index (χ2n) is 8.57. The summed E-state index contributed by atoms with van der Waals surface area (Å²) >= 11 is 2.47. The van der Waals surface area contributed by atoms with E-state index in [-0.39, 0.29) is 41.6 Å². The van der Waals surface area contributed by atoms with E-state index < -0.39 is 41.6 Å². The third kappa shape index (κ3) is 7.22. The van der Waals surface area contributed by atoms with Gasteiger partial charge < -0.3 is 34.8 Å². The summed E-state index contributed by atoms with van der Waals surface area (Å²) in [6.07, 6.45) is -1.35. The summed E-state index contributed by atoms with van der Waals surface area (Å²) in [4.78, 5) is 61.9. The zero-order valence-electron chi connectivity index (χ0n) is 22.8. The van der Waals surface area contributed by atoms with E-state index in [0.29, 0.717) is 24.2 Å². The lowest BCUT2D eigenvalue weighted by molar-refractivity contribution is -0.169. The molecular weight excluding hydrogens is 566 g/mol. The number of esters is 1. The molecule has 0 spiro atoms. The third-order valence-electron chi connectivity index (χ3n) is 5.82. The first-order valence-electron chi connectivity index (χ1n) is 12.6. The average molecular weight is 600 g/mol. The molecule has 0 aliphatic carbocycles. The molecule has 1 aromatic heterocycles. The van der Waals surface area contributed by atoms with Crippen molar-refractivity contribution in [3.8, 4) is 0 Å². The summed E-state index contributed by atoms with van der Waals surface area (Å²) in [5.74, 6) is -1.78. The van der Waals surface area contributed by atoms with E-state index >= 15 is 0 Å². The van der Waals surface area contributed by atoms with Gasteiger partial charge in [0.05, 0.1) is 6.61 Å². The lowest BCUT2D eigenvalue weighted by Crippen LogP contribution is -2.71. The second-order valence-corrected chi connectivity index (χ2v) is 10.6. The standard InChI is InChI=1S/C24H33N5O9S2/c1-6-14(7-2)38-24(33)37-12(4)36-22(32)18-13(9-34-5)10-39-21-17(20(31)29(18)21)27-19(30)16(28-35-8-3)15-11-40-23(25)26-15/h11-12,14,17,21H,6-10H2,1-5H3,(H2,25,26)(H,27,30)/b28-16+/t12?,17?,21-/m1/s1. The van der Waals surface area contributed by atoms with Gasteiger partial charge in [-0.3, -0.25) is 14.5 Å². The predicted octanol–water partition coefficient (Wildman–Crippen LogP) is 2.00.